The molecular formula is C25H30N2. The molecule has 0 aliphatic rings. The summed E-state index contributed by atoms with van der Waals surface area (Å²) in [4.78, 5) is 4.77. The lowest BCUT2D eigenvalue weighted by atomic mass is 9.97. The minimum absolute atomic E-state index is 0.150. The largest absolute Gasteiger partial charge is 0.364 e. The van der Waals surface area contributed by atoms with Gasteiger partial charge in [0.1, 0.15) is 5.82 Å². The minimum Gasteiger partial charge on any atom is -0.364 e. The predicted octanol–water partition coefficient (Wildman–Crippen LogP) is 6.63. The number of rotatable bonds is 7. The second-order valence-corrected chi connectivity index (χ2v) is 6.84. The molecule has 27 heavy (non-hydrogen) atoms. The molecule has 0 heterocycles. The molecule has 0 fully saturated rings. The van der Waals surface area contributed by atoms with Crippen LogP contribution < -0.4 is 5.32 Å². The Bertz CT molecular complexity index is 870. The van der Waals surface area contributed by atoms with E-state index < -0.39 is 0 Å². The van der Waals surface area contributed by atoms with Gasteiger partial charge in [-0.1, -0.05) is 72.8 Å². The zero-order chi connectivity index (χ0) is 19.8. The van der Waals surface area contributed by atoms with Crippen LogP contribution in [-0.2, 0) is 0 Å². The number of hydrogen-bond donors (Lipinski definition) is 1. The first-order valence-corrected chi connectivity index (χ1v) is 9.39. The Balaban J connectivity index is 2.27. The molecule has 0 amide bonds. The highest BCUT2D eigenvalue weighted by Gasteiger charge is 2.08. The maximum Gasteiger partial charge on any atom is 0.119 e. The summed E-state index contributed by atoms with van der Waals surface area (Å²) >= 11 is 0. The van der Waals surface area contributed by atoms with E-state index in [-0.39, 0.29) is 6.04 Å². The van der Waals surface area contributed by atoms with Crippen molar-refractivity contribution in [3.05, 3.63) is 101 Å². The third-order valence-electron chi connectivity index (χ3n) is 4.66. The fourth-order valence-electron chi connectivity index (χ4n) is 2.94. The first-order valence-electron chi connectivity index (χ1n) is 9.39. The van der Waals surface area contributed by atoms with Crippen LogP contribution in [0.5, 0.6) is 0 Å². The van der Waals surface area contributed by atoms with Gasteiger partial charge in [0.25, 0.3) is 0 Å². The molecular weight excluding hydrogens is 328 g/mol. The summed E-state index contributed by atoms with van der Waals surface area (Å²) in [7, 11) is 0. The Hall–Kier alpha value is -2.87. The monoisotopic (exact) mass is 358 g/mol. The van der Waals surface area contributed by atoms with E-state index in [1.165, 1.54) is 22.3 Å². The van der Waals surface area contributed by atoms with Crippen molar-refractivity contribution in [2.75, 3.05) is 0 Å². The molecule has 140 valence electrons. The zero-order valence-electron chi connectivity index (χ0n) is 17.1. The van der Waals surface area contributed by atoms with E-state index in [0.717, 1.165) is 11.3 Å². The number of aryl methyl sites for hydroxylation is 1. The molecule has 2 aromatic rings. The van der Waals surface area contributed by atoms with Gasteiger partial charge in [-0.25, -0.2) is 4.99 Å². The van der Waals surface area contributed by atoms with E-state index in [9.17, 15) is 0 Å². The minimum atomic E-state index is 0.150. The Morgan fingerprint density at radius 3 is 2.41 bits per heavy atom. The summed E-state index contributed by atoms with van der Waals surface area (Å²) in [5, 5.41) is 3.39. The number of benzene rings is 2. The van der Waals surface area contributed by atoms with Crippen molar-refractivity contribution in [3.8, 4) is 0 Å². The number of hydrogen-bond acceptors (Lipinski definition) is 2. The highest BCUT2D eigenvalue weighted by atomic mass is 15.0. The second-order valence-electron chi connectivity index (χ2n) is 6.84. The summed E-state index contributed by atoms with van der Waals surface area (Å²) in [5.74, 6) is 0.663. The number of nitrogens with one attached hydrogen (secondary N) is 1. The summed E-state index contributed by atoms with van der Waals surface area (Å²) in [6.07, 6.45) is 4.05. The molecule has 0 saturated heterocycles. The van der Waals surface area contributed by atoms with Crippen molar-refractivity contribution in [3.63, 3.8) is 0 Å². The van der Waals surface area contributed by atoms with Crippen LogP contribution in [0.2, 0.25) is 0 Å². The van der Waals surface area contributed by atoms with E-state index in [1.807, 2.05) is 37.3 Å². The molecule has 2 aromatic carbocycles. The van der Waals surface area contributed by atoms with Crippen molar-refractivity contribution in [2.24, 2.45) is 4.99 Å². The van der Waals surface area contributed by atoms with Crippen LogP contribution in [-0.4, -0.2) is 5.71 Å². The fraction of sp³-hybridized carbons (Fsp3) is 0.240. The lowest BCUT2D eigenvalue weighted by molar-refractivity contribution is 0.650. The van der Waals surface area contributed by atoms with Gasteiger partial charge in [-0.2, -0.15) is 0 Å². The fourth-order valence-corrected chi connectivity index (χ4v) is 2.94. The molecule has 0 aliphatic heterocycles. The number of nitrogens with zero attached hydrogens (tertiary/aromatic N) is 1. The first-order chi connectivity index (χ1) is 12.9. The molecule has 1 N–H and O–H groups in total. The van der Waals surface area contributed by atoms with Crippen LogP contribution in [0, 0.1) is 6.92 Å². The molecule has 0 aromatic heterocycles. The van der Waals surface area contributed by atoms with E-state index >= 15 is 0 Å². The third kappa shape index (κ3) is 5.82. The van der Waals surface area contributed by atoms with Crippen molar-refractivity contribution in [1.29, 1.82) is 0 Å². The van der Waals surface area contributed by atoms with E-state index in [4.69, 9.17) is 4.99 Å². The molecule has 2 nitrogen and oxygen atoms in total. The van der Waals surface area contributed by atoms with Gasteiger partial charge >= 0.3 is 0 Å². The quantitative estimate of drug-likeness (QED) is 0.552. The maximum absolute atomic E-state index is 4.77. The second kappa shape index (κ2) is 9.72. The highest BCUT2D eigenvalue weighted by Crippen LogP contribution is 2.21. The van der Waals surface area contributed by atoms with Gasteiger partial charge in [-0.3, -0.25) is 0 Å². The van der Waals surface area contributed by atoms with Gasteiger partial charge in [0, 0.05) is 6.04 Å². The topological polar surface area (TPSA) is 24.4 Å². The molecule has 0 bridgehead atoms. The van der Waals surface area contributed by atoms with E-state index in [1.54, 1.807) is 0 Å². The van der Waals surface area contributed by atoms with Gasteiger partial charge < -0.3 is 5.32 Å². The first kappa shape index (κ1) is 20.4. The maximum atomic E-state index is 4.77. The smallest absolute Gasteiger partial charge is 0.119 e. The predicted molar refractivity (Wildman–Crippen MR) is 119 cm³/mol. The molecule has 0 saturated carbocycles. The summed E-state index contributed by atoms with van der Waals surface area (Å²) in [6.45, 7) is 14.6. The van der Waals surface area contributed by atoms with Gasteiger partial charge in [-0.15, -0.1) is 0 Å². The molecule has 0 radical (unpaired) electrons. The Morgan fingerprint density at radius 2 is 1.78 bits per heavy atom. The zero-order valence-corrected chi connectivity index (χ0v) is 17.1. The molecule has 1 atom stereocenters. The molecule has 2 rings (SSSR count). The van der Waals surface area contributed by atoms with Gasteiger partial charge in [0.2, 0.25) is 0 Å². The normalized spacial score (nSPS) is 14.0. The van der Waals surface area contributed by atoms with Gasteiger partial charge in [-0.05, 0) is 63.0 Å². The summed E-state index contributed by atoms with van der Waals surface area (Å²) < 4.78 is 0. The van der Waals surface area contributed by atoms with E-state index in [2.05, 4.69) is 76.0 Å². The Morgan fingerprint density at radius 1 is 1.07 bits per heavy atom. The lowest BCUT2D eigenvalue weighted by Crippen LogP contribution is -2.17. The molecule has 2 heteroatoms. The third-order valence-corrected chi connectivity index (χ3v) is 4.66. The SMILES string of the molecule is C=C(/N=C(\C=C/C)C(/C)=C(/C)c1cccc(C)c1)NC(C)c1ccccc1. The summed E-state index contributed by atoms with van der Waals surface area (Å²) in [6, 6.07) is 19.0. The highest BCUT2D eigenvalue weighted by molar-refractivity contribution is 6.12. The van der Waals surface area contributed by atoms with E-state index in [0.29, 0.717) is 5.82 Å². The number of aliphatic imine (C=N–C) groups is 1. The van der Waals surface area contributed by atoms with Crippen LogP contribution in [0.25, 0.3) is 5.57 Å². The van der Waals surface area contributed by atoms with Crippen LogP contribution in [0.1, 0.15) is 50.4 Å². The molecule has 0 aliphatic carbocycles. The average Bonchev–Trinajstić information content (AvgIpc) is 2.67. The van der Waals surface area contributed by atoms with Crippen LogP contribution in [0.15, 0.2) is 89.7 Å². The van der Waals surface area contributed by atoms with Gasteiger partial charge in [0.15, 0.2) is 0 Å². The van der Waals surface area contributed by atoms with Crippen molar-refractivity contribution >= 4 is 11.3 Å². The standard InChI is InChI=1S/C25H30N2/c1-7-12-25(20(4)19(3)24-16-11-13-18(2)17-24)27-22(6)26-21(5)23-14-9-8-10-15-23/h7-17,21,26H,6H2,1-5H3/b12-7-,20-19-,27-25+. The molecule has 1 unspecified atom stereocenters. The lowest BCUT2D eigenvalue weighted by Gasteiger charge is -2.16. The number of allylic oxidation sites excluding steroid dienone is 4. The Kier molecular flexibility index (Phi) is 7.36. The van der Waals surface area contributed by atoms with Crippen molar-refractivity contribution < 1.29 is 0 Å². The van der Waals surface area contributed by atoms with Crippen LogP contribution >= 0.6 is 0 Å². The van der Waals surface area contributed by atoms with Crippen LogP contribution in [0.3, 0.4) is 0 Å². The average molecular weight is 359 g/mol. The summed E-state index contributed by atoms with van der Waals surface area (Å²) in [5.41, 5.74) is 6.99. The molecule has 0 spiro atoms. The Labute approximate surface area is 164 Å². The van der Waals surface area contributed by atoms with Crippen molar-refractivity contribution in [2.45, 2.75) is 40.7 Å². The van der Waals surface area contributed by atoms with Crippen molar-refractivity contribution in [1.82, 2.24) is 5.32 Å². The van der Waals surface area contributed by atoms with Crippen LogP contribution in [0.4, 0.5) is 0 Å². The van der Waals surface area contributed by atoms with Gasteiger partial charge in [0.05, 0.1) is 5.71 Å².